The summed E-state index contributed by atoms with van der Waals surface area (Å²) in [5.74, 6) is -2.62. The van der Waals surface area contributed by atoms with Gasteiger partial charge in [-0.25, -0.2) is 8.78 Å². The van der Waals surface area contributed by atoms with Crippen molar-refractivity contribution in [2.75, 3.05) is 0 Å². The van der Waals surface area contributed by atoms with E-state index in [2.05, 4.69) is 15.5 Å². The van der Waals surface area contributed by atoms with E-state index in [1.807, 2.05) is 0 Å². The summed E-state index contributed by atoms with van der Waals surface area (Å²) >= 11 is 6.96. The van der Waals surface area contributed by atoms with Gasteiger partial charge in [0.05, 0.1) is 12.6 Å². The number of hydrogen-bond donors (Lipinski definition) is 2. The lowest BCUT2D eigenvalue weighted by atomic mass is 10.2. The average molecular weight is 454 g/mol. The molecule has 1 aliphatic heterocycles. The Hall–Kier alpha value is -2.98. The van der Waals surface area contributed by atoms with Crippen molar-refractivity contribution in [2.45, 2.75) is 18.3 Å². The molecule has 1 aliphatic rings. The van der Waals surface area contributed by atoms with Crippen LogP contribution in [-0.4, -0.2) is 33.6 Å². The van der Waals surface area contributed by atoms with E-state index < -0.39 is 28.8 Å². The molecule has 156 valence electrons. The lowest BCUT2D eigenvalue weighted by molar-refractivity contribution is -0.138. The first-order valence-corrected chi connectivity index (χ1v) is 9.74. The first kappa shape index (κ1) is 21.7. The molecule has 0 aromatic heterocycles. The van der Waals surface area contributed by atoms with Crippen LogP contribution < -0.4 is 10.1 Å². The third-order valence-electron chi connectivity index (χ3n) is 3.85. The molecule has 30 heavy (non-hydrogen) atoms. The number of carboxylic acid groups (broad SMARTS) is 1. The van der Waals surface area contributed by atoms with Crippen LogP contribution in [0, 0.1) is 11.6 Å². The molecule has 1 atom stereocenters. The number of halogens is 3. The Morgan fingerprint density at radius 3 is 2.83 bits per heavy atom. The van der Waals surface area contributed by atoms with Crippen LogP contribution in [0.2, 0.25) is 5.02 Å². The molecule has 0 spiro atoms. The minimum atomic E-state index is -1.09. The fraction of sp³-hybridized carbons (Fsp3) is 0.158. The van der Waals surface area contributed by atoms with Crippen LogP contribution in [0.3, 0.4) is 0 Å². The van der Waals surface area contributed by atoms with Crippen molar-refractivity contribution in [3.8, 4) is 5.75 Å². The fourth-order valence-corrected chi connectivity index (χ4v) is 3.53. The maximum Gasteiger partial charge on any atom is 0.305 e. The van der Waals surface area contributed by atoms with Gasteiger partial charge in [0.15, 0.2) is 5.17 Å². The lowest BCUT2D eigenvalue weighted by Crippen LogP contribution is -2.26. The molecule has 1 heterocycles. The molecule has 0 bridgehead atoms. The number of aliphatic carboxylic acids is 1. The molecule has 1 saturated heterocycles. The second-order valence-corrected chi connectivity index (χ2v) is 7.68. The van der Waals surface area contributed by atoms with E-state index in [1.165, 1.54) is 12.3 Å². The van der Waals surface area contributed by atoms with Crippen molar-refractivity contribution in [2.24, 2.45) is 10.2 Å². The number of rotatable bonds is 7. The number of carboxylic acids is 1. The van der Waals surface area contributed by atoms with E-state index in [0.29, 0.717) is 16.3 Å². The highest BCUT2D eigenvalue weighted by Crippen LogP contribution is 2.24. The molecule has 1 fully saturated rings. The van der Waals surface area contributed by atoms with Gasteiger partial charge in [-0.15, -0.1) is 5.10 Å². The molecular weight excluding hydrogens is 440 g/mol. The standard InChI is InChI=1S/C19H14ClF2N3O4S/c20-12-2-4-15(29-9-10-1-3-13(21)6-14(10)22)11(5-12)8-23-25-19-24-18(28)16(30-19)7-17(26)27/h1-6,8,16H,7,9H2,(H,26,27)(H,24,25,28). The number of carbonyl (C=O) groups excluding carboxylic acids is 1. The summed E-state index contributed by atoms with van der Waals surface area (Å²) in [6.45, 7) is -0.147. The average Bonchev–Trinajstić information content (AvgIpc) is 3.01. The Bertz CT molecular complexity index is 1050. The van der Waals surface area contributed by atoms with Gasteiger partial charge in [0.25, 0.3) is 0 Å². The van der Waals surface area contributed by atoms with E-state index >= 15 is 0 Å². The van der Waals surface area contributed by atoms with Crippen LogP contribution in [0.1, 0.15) is 17.5 Å². The number of ether oxygens (including phenoxy) is 1. The zero-order chi connectivity index (χ0) is 21.7. The highest BCUT2D eigenvalue weighted by Gasteiger charge is 2.32. The minimum absolute atomic E-state index is 0.147. The number of amides is 1. The highest BCUT2D eigenvalue weighted by molar-refractivity contribution is 8.15. The zero-order valence-electron chi connectivity index (χ0n) is 15.1. The predicted molar refractivity (Wildman–Crippen MR) is 109 cm³/mol. The van der Waals surface area contributed by atoms with Gasteiger partial charge in [-0.1, -0.05) is 23.4 Å². The van der Waals surface area contributed by atoms with Gasteiger partial charge in [-0.2, -0.15) is 5.10 Å². The number of thioether (sulfide) groups is 1. The lowest BCUT2D eigenvalue weighted by Gasteiger charge is -2.10. The number of nitrogens with one attached hydrogen (secondary N) is 1. The number of carbonyl (C=O) groups is 2. The van der Waals surface area contributed by atoms with Crippen molar-refractivity contribution >= 4 is 46.6 Å². The van der Waals surface area contributed by atoms with Crippen LogP contribution in [0.15, 0.2) is 46.6 Å². The molecule has 0 saturated carbocycles. The summed E-state index contributed by atoms with van der Waals surface area (Å²) in [5.41, 5.74) is 0.606. The van der Waals surface area contributed by atoms with Crippen LogP contribution in [-0.2, 0) is 16.2 Å². The third-order valence-corrected chi connectivity index (χ3v) is 5.16. The molecule has 0 aliphatic carbocycles. The maximum atomic E-state index is 13.8. The van der Waals surface area contributed by atoms with Gasteiger partial charge in [0.2, 0.25) is 5.91 Å². The molecule has 0 radical (unpaired) electrons. The SMILES string of the molecule is O=C(O)CC1SC(=NN=Cc2cc(Cl)ccc2OCc2ccc(F)cc2F)NC1=O. The van der Waals surface area contributed by atoms with Crippen molar-refractivity contribution in [3.63, 3.8) is 0 Å². The summed E-state index contributed by atoms with van der Waals surface area (Å²) in [5, 5.41) is 18.8. The van der Waals surface area contributed by atoms with Gasteiger partial charge in [0.1, 0.15) is 29.2 Å². The summed E-state index contributed by atoms with van der Waals surface area (Å²) in [7, 11) is 0. The summed E-state index contributed by atoms with van der Waals surface area (Å²) in [6.07, 6.45) is 0.998. The van der Waals surface area contributed by atoms with Crippen molar-refractivity contribution < 1.29 is 28.2 Å². The molecule has 2 N–H and O–H groups in total. The maximum absolute atomic E-state index is 13.8. The predicted octanol–water partition coefficient (Wildman–Crippen LogP) is 3.59. The quantitative estimate of drug-likeness (QED) is 0.493. The number of nitrogens with zero attached hydrogens (tertiary/aromatic N) is 2. The first-order chi connectivity index (χ1) is 14.3. The van der Waals surface area contributed by atoms with Gasteiger partial charge in [-0.05, 0) is 30.3 Å². The van der Waals surface area contributed by atoms with E-state index in [-0.39, 0.29) is 23.8 Å². The monoisotopic (exact) mass is 453 g/mol. The number of amidine groups is 1. The van der Waals surface area contributed by atoms with Crippen LogP contribution in [0.5, 0.6) is 5.75 Å². The molecule has 7 nitrogen and oxygen atoms in total. The Morgan fingerprint density at radius 1 is 1.30 bits per heavy atom. The molecular formula is C19H14ClF2N3O4S. The van der Waals surface area contributed by atoms with Gasteiger partial charge in [-0.3, -0.25) is 9.59 Å². The smallest absolute Gasteiger partial charge is 0.305 e. The van der Waals surface area contributed by atoms with Crippen molar-refractivity contribution in [1.82, 2.24) is 5.32 Å². The van der Waals surface area contributed by atoms with Gasteiger partial charge in [0, 0.05) is 22.2 Å². The Kier molecular flexibility index (Phi) is 7.01. The van der Waals surface area contributed by atoms with E-state index in [0.717, 1.165) is 23.9 Å². The Morgan fingerprint density at radius 2 is 2.10 bits per heavy atom. The van der Waals surface area contributed by atoms with E-state index in [9.17, 15) is 18.4 Å². The normalized spacial score (nSPS) is 17.5. The summed E-state index contributed by atoms with van der Waals surface area (Å²) < 4.78 is 32.4. The summed E-state index contributed by atoms with van der Waals surface area (Å²) in [6, 6.07) is 7.87. The largest absolute Gasteiger partial charge is 0.488 e. The highest BCUT2D eigenvalue weighted by atomic mass is 35.5. The topological polar surface area (TPSA) is 100 Å². The van der Waals surface area contributed by atoms with Crippen LogP contribution in [0.25, 0.3) is 0 Å². The minimum Gasteiger partial charge on any atom is -0.488 e. The third kappa shape index (κ3) is 5.77. The number of benzene rings is 2. The molecule has 1 amide bonds. The molecule has 3 rings (SSSR count). The fourth-order valence-electron chi connectivity index (χ4n) is 2.43. The zero-order valence-corrected chi connectivity index (χ0v) is 16.7. The Labute approximate surface area is 178 Å². The summed E-state index contributed by atoms with van der Waals surface area (Å²) in [4.78, 5) is 22.4. The number of hydrogen-bond acceptors (Lipinski definition) is 6. The van der Waals surface area contributed by atoms with Gasteiger partial charge < -0.3 is 15.2 Å². The first-order valence-electron chi connectivity index (χ1n) is 8.48. The molecule has 1 unspecified atom stereocenters. The Balaban J connectivity index is 1.71. The second kappa shape index (κ2) is 9.68. The van der Waals surface area contributed by atoms with Crippen molar-refractivity contribution in [3.05, 3.63) is 64.2 Å². The second-order valence-electron chi connectivity index (χ2n) is 6.05. The molecule has 11 heteroatoms. The van der Waals surface area contributed by atoms with Crippen LogP contribution in [0.4, 0.5) is 8.78 Å². The van der Waals surface area contributed by atoms with E-state index in [4.69, 9.17) is 21.4 Å². The van der Waals surface area contributed by atoms with E-state index in [1.54, 1.807) is 18.2 Å². The molecule has 2 aromatic rings. The molecule has 2 aromatic carbocycles. The van der Waals surface area contributed by atoms with Crippen molar-refractivity contribution in [1.29, 1.82) is 0 Å². The van der Waals surface area contributed by atoms with Crippen LogP contribution >= 0.6 is 23.4 Å². The van der Waals surface area contributed by atoms with Gasteiger partial charge >= 0.3 is 5.97 Å².